The van der Waals surface area contributed by atoms with Gasteiger partial charge >= 0.3 is 5.97 Å². The highest BCUT2D eigenvalue weighted by Gasteiger charge is 2.30. The second-order valence-electron chi connectivity index (χ2n) is 6.75. The first-order valence-electron chi connectivity index (χ1n) is 9.27. The maximum Gasteiger partial charge on any atom is 0.315 e. The van der Waals surface area contributed by atoms with Crippen LogP contribution in [0.5, 0.6) is 0 Å². The van der Waals surface area contributed by atoms with Crippen molar-refractivity contribution >= 4 is 23.3 Å². The van der Waals surface area contributed by atoms with E-state index in [4.69, 9.17) is 4.74 Å². The van der Waals surface area contributed by atoms with Crippen LogP contribution in [-0.4, -0.2) is 28.4 Å². The summed E-state index contributed by atoms with van der Waals surface area (Å²) in [6.07, 6.45) is 3.72. The second kappa shape index (κ2) is 8.69. The van der Waals surface area contributed by atoms with Gasteiger partial charge in [-0.05, 0) is 50.1 Å². The van der Waals surface area contributed by atoms with E-state index < -0.39 is 5.41 Å². The van der Waals surface area contributed by atoms with Crippen LogP contribution in [0.4, 0.5) is 5.82 Å². The summed E-state index contributed by atoms with van der Waals surface area (Å²) in [7, 11) is 1.36. The summed E-state index contributed by atoms with van der Waals surface area (Å²) >= 11 is 0. The number of benzene rings is 1. The lowest BCUT2D eigenvalue weighted by Crippen LogP contribution is -2.30. The zero-order chi connectivity index (χ0) is 20.9. The number of carbonyl (C=O) groups is 2. The summed E-state index contributed by atoms with van der Waals surface area (Å²) in [6.45, 7) is 9.56. The van der Waals surface area contributed by atoms with Gasteiger partial charge in [0.2, 0.25) is 0 Å². The highest BCUT2D eigenvalue weighted by Crippen LogP contribution is 2.25. The van der Waals surface area contributed by atoms with Crippen LogP contribution in [0.3, 0.4) is 0 Å². The minimum absolute atomic E-state index is 0.257. The maximum absolute atomic E-state index is 12.5. The van der Waals surface area contributed by atoms with Gasteiger partial charge in [0.1, 0.15) is 5.65 Å². The van der Waals surface area contributed by atoms with Crippen LogP contribution in [0.1, 0.15) is 49.2 Å². The number of imidazole rings is 1. The summed E-state index contributed by atoms with van der Waals surface area (Å²) in [6, 6.07) is 10.8. The van der Waals surface area contributed by atoms with Gasteiger partial charge in [-0.1, -0.05) is 32.0 Å². The van der Waals surface area contributed by atoms with E-state index in [0.29, 0.717) is 11.4 Å². The molecule has 0 aliphatic heterocycles. The average molecular weight is 381 g/mol. The van der Waals surface area contributed by atoms with Crippen LogP contribution in [0.2, 0.25) is 0 Å². The number of methoxy groups -OCH3 is 1. The fourth-order valence-electron chi connectivity index (χ4n) is 2.76. The molecule has 0 radical (unpaired) electrons. The van der Waals surface area contributed by atoms with Gasteiger partial charge in [0.15, 0.2) is 5.82 Å². The van der Waals surface area contributed by atoms with Crippen molar-refractivity contribution in [3.05, 3.63) is 65.5 Å². The Bertz CT molecular complexity index is 972. The Hall–Kier alpha value is -3.15. The number of hydrogen-bond acceptors (Lipinski definition) is 4. The Kier molecular flexibility index (Phi) is 6.57. The molecule has 1 aromatic carbocycles. The molecule has 6 nitrogen and oxygen atoms in total. The highest BCUT2D eigenvalue weighted by molar-refractivity contribution is 6.04. The first-order chi connectivity index (χ1) is 13.3. The van der Waals surface area contributed by atoms with Crippen molar-refractivity contribution in [2.45, 2.75) is 40.0 Å². The molecule has 0 atom stereocenters. The number of anilines is 1. The van der Waals surface area contributed by atoms with Crippen LogP contribution in [0.25, 0.3) is 5.65 Å². The predicted molar refractivity (Wildman–Crippen MR) is 111 cm³/mol. The molecule has 148 valence electrons. The van der Waals surface area contributed by atoms with E-state index in [0.717, 1.165) is 16.8 Å². The second-order valence-corrected chi connectivity index (χ2v) is 6.75. The zero-order valence-electron chi connectivity index (χ0n) is 17.2. The summed E-state index contributed by atoms with van der Waals surface area (Å²) in [5.74, 6) is -0.0955. The van der Waals surface area contributed by atoms with Crippen molar-refractivity contribution in [1.82, 2.24) is 9.38 Å². The normalized spacial score (nSPS) is 10.8. The van der Waals surface area contributed by atoms with Crippen molar-refractivity contribution in [2.75, 3.05) is 12.4 Å². The van der Waals surface area contributed by atoms with Crippen LogP contribution in [-0.2, 0) is 14.9 Å². The highest BCUT2D eigenvalue weighted by atomic mass is 16.5. The number of amides is 1. The van der Waals surface area contributed by atoms with Crippen LogP contribution in [0, 0.1) is 6.92 Å². The number of esters is 1. The molecule has 0 aliphatic rings. The summed E-state index contributed by atoms with van der Waals surface area (Å²) in [5.41, 5.74) is 2.37. The lowest BCUT2D eigenvalue weighted by molar-refractivity contribution is -0.146. The van der Waals surface area contributed by atoms with Crippen molar-refractivity contribution < 1.29 is 14.3 Å². The Labute approximate surface area is 165 Å². The maximum atomic E-state index is 12.5. The van der Waals surface area contributed by atoms with E-state index >= 15 is 0 Å². The lowest BCUT2D eigenvalue weighted by atomic mass is 9.84. The van der Waals surface area contributed by atoms with Gasteiger partial charge in [0, 0.05) is 11.8 Å². The number of pyridine rings is 1. The van der Waals surface area contributed by atoms with Crippen LogP contribution < -0.4 is 5.32 Å². The Morgan fingerprint density at radius 2 is 1.68 bits per heavy atom. The number of nitrogens with zero attached hydrogens (tertiary/aromatic N) is 2. The first kappa shape index (κ1) is 21.2. The van der Waals surface area contributed by atoms with Gasteiger partial charge in [-0.15, -0.1) is 0 Å². The molecule has 1 N–H and O–H groups in total. The molecule has 0 aliphatic carbocycles. The van der Waals surface area contributed by atoms with Crippen molar-refractivity contribution in [3.8, 4) is 0 Å². The SMILES string of the molecule is CC.COC(=O)C(C)(C)c1ccc(C(=O)Nc2cn3cc(C)ccc3n2)cc1. The van der Waals surface area contributed by atoms with Crippen LogP contribution >= 0.6 is 0 Å². The molecule has 0 saturated carbocycles. The molecule has 0 unspecified atom stereocenters. The average Bonchev–Trinajstić information content (AvgIpc) is 3.10. The molecular formula is C22H27N3O3. The minimum atomic E-state index is -0.775. The smallest absolute Gasteiger partial charge is 0.315 e. The van der Waals surface area contributed by atoms with Gasteiger partial charge in [0.05, 0.1) is 18.7 Å². The van der Waals surface area contributed by atoms with Gasteiger partial charge in [0.25, 0.3) is 5.91 Å². The molecule has 0 spiro atoms. The Balaban J connectivity index is 0.00000136. The molecule has 3 aromatic rings. The monoisotopic (exact) mass is 381 g/mol. The van der Waals surface area contributed by atoms with Crippen molar-refractivity contribution in [3.63, 3.8) is 0 Å². The summed E-state index contributed by atoms with van der Waals surface area (Å²) in [4.78, 5) is 28.7. The number of aromatic nitrogens is 2. The molecule has 28 heavy (non-hydrogen) atoms. The minimum Gasteiger partial charge on any atom is -0.468 e. The third-order valence-electron chi connectivity index (χ3n) is 4.41. The zero-order valence-corrected chi connectivity index (χ0v) is 17.2. The summed E-state index contributed by atoms with van der Waals surface area (Å²) in [5, 5.41) is 2.80. The van der Waals surface area contributed by atoms with E-state index in [2.05, 4.69) is 10.3 Å². The number of hydrogen-bond donors (Lipinski definition) is 1. The van der Waals surface area contributed by atoms with Gasteiger partial charge in [-0.3, -0.25) is 9.59 Å². The van der Waals surface area contributed by atoms with E-state index in [-0.39, 0.29) is 11.9 Å². The van der Waals surface area contributed by atoms with Gasteiger partial charge in [-0.25, -0.2) is 4.98 Å². The molecular weight excluding hydrogens is 354 g/mol. The van der Waals surface area contributed by atoms with E-state index in [1.54, 1.807) is 44.3 Å². The first-order valence-corrected chi connectivity index (χ1v) is 9.27. The molecule has 6 heteroatoms. The largest absolute Gasteiger partial charge is 0.468 e. The van der Waals surface area contributed by atoms with Crippen molar-refractivity contribution in [1.29, 1.82) is 0 Å². The number of fused-ring (bicyclic) bond motifs is 1. The third-order valence-corrected chi connectivity index (χ3v) is 4.41. The molecule has 1 amide bonds. The topological polar surface area (TPSA) is 72.7 Å². The molecule has 0 saturated heterocycles. The molecule has 0 fully saturated rings. The summed E-state index contributed by atoms with van der Waals surface area (Å²) < 4.78 is 6.70. The number of ether oxygens (including phenoxy) is 1. The number of rotatable bonds is 4. The Morgan fingerprint density at radius 1 is 1.04 bits per heavy atom. The third kappa shape index (κ3) is 4.39. The molecule has 0 bridgehead atoms. The fraction of sp³-hybridized carbons (Fsp3) is 0.318. The lowest BCUT2D eigenvalue weighted by Gasteiger charge is -2.22. The standard InChI is InChI=1S/C20H21N3O3.C2H6/c1-13-5-10-17-21-16(12-23(17)11-13)22-18(24)14-6-8-15(9-7-14)20(2,3)19(25)26-4;1-2/h5-12H,1-4H3,(H,22,24);1-2H3. The molecule has 3 rings (SSSR count). The van der Waals surface area contributed by atoms with Gasteiger partial charge in [-0.2, -0.15) is 0 Å². The van der Waals surface area contributed by atoms with Crippen molar-refractivity contribution in [2.24, 2.45) is 0 Å². The molecule has 2 heterocycles. The predicted octanol–water partition coefficient (Wildman–Crippen LogP) is 4.37. The van der Waals surface area contributed by atoms with E-state index in [9.17, 15) is 9.59 Å². The number of carbonyl (C=O) groups excluding carboxylic acids is 2. The van der Waals surface area contributed by atoms with E-state index in [1.165, 1.54) is 7.11 Å². The van der Waals surface area contributed by atoms with Gasteiger partial charge < -0.3 is 14.5 Å². The van der Waals surface area contributed by atoms with Crippen LogP contribution in [0.15, 0.2) is 48.8 Å². The quantitative estimate of drug-likeness (QED) is 0.681. The fourth-order valence-corrected chi connectivity index (χ4v) is 2.76. The van der Waals surface area contributed by atoms with E-state index in [1.807, 2.05) is 43.5 Å². The molecule has 2 aromatic heterocycles. The number of nitrogens with one attached hydrogen (secondary N) is 1. The number of aryl methyl sites for hydroxylation is 1. The Morgan fingerprint density at radius 3 is 2.29 bits per heavy atom.